The minimum Gasteiger partial charge on any atom is -0.373 e. The number of hydrogen-bond donors (Lipinski definition) is 0. The fraction of sp³-hybridized carbons (Fsp3) is 0.667. The van der Waals surface area contributed by atoms with Crippen LogP contribution in [0.2, 0.25) is 0 Å². The van der Waals surface area contributed by atoms with E-state index in [0.717, 1.165) is 71.9 Å². The monoisotopic (exact) mass is 914 g/mol. The second-order valence-electron chi connectivity index (χ2n) is 12.1. The van der Waals surface area contributed by atoms with Crippen LogP contribution in [0.3, 0.4) is 0 Å². The zero-order chi connectivity index (χ0) is 39.6. The summed E-state index contributed by atoms with van der Waals surface area (Å²) in [5.41, 5.74) is 55.6. The summed E-state index contributed by atoms with van der Waals surface area (Å²) in [6.07, 6.45) is 5.43. The Hall–Kier alpha value is -1.88. The van der Waals surface area contributed by atoms with E-state index in [0.29, 0.717) is 14.5 Å². The van der Waals surface area contributed by atoms with Gasteiger partial charge in [-0.2, -0.15) is 0 Å². The first-order chi connectivity index (χ1) is 24.1. The number of halogens is 3. The van der Waals surface area contributed by atoms with Crippen molar-refractivity contribution in [1.29, 1.82) is 0 Å². The van der Waals surface area contributed by atoms with E-state index < -0.39 is 0 Å². The van der Waals surface area contributed by atoms with Crippen LogP contribution in [0.1, 0.15) is 182 Å². The Labute approximate surface area is 358 Å². The van der Waals surface area contributed by atoms with Crippen LogP contribution in [0, 0.1) is 0 Å². The molecular weight excluding hydrogens is 863 g/mol. The molecule has 0 aromatic heterocycles. The first kappa shape index (κ1) is 52.2. The van der Waals surface area contributed by atoms with Gasteiger partial charge in [0.1, 0.15) is 0 Å². The molecule has 52 heavy (non-hydrogen) atoms. The molecular formula is C36H54Br3N12Na. The zero-order valence-electron chi connectivity index (χ0n) is 33.2. The third-order valence-electron chi connectivity index (χ3n) is 9.14. The van der Waals surface area contributed by atoms with Gasteiger partial charge in [-0.15, -0.1) is 0 Å². The maximum atomic E-state index is 8.98. The maximum absolute atomic E-state index is 8.98. The predicted molar refractivity (Wildman–Crippen MR) is 224 cm³/mol. The number of azide groups is 3. The van der Waals surface area contributed by atoms with Gasteiger partial charge in [-0.05, 0) is 143 Å². The number of benzene rings is 2. The molecule has 0 fully saturated rings. The molecule has 16 heteroatoms. The molecule has 0 radical (unpaired) electrons. The first-order valence-electron chi connectivity index (χ1n) is 17.6. The Kier molecular flexibility index (Phi) is 26.9. The van der Waals surface area contributed by atoms with E-state index in [1.165, 1.54) is 38.3 Å². The van der Waals surface area contributed by atoms with E-state index in [4.69, 9.17) is 27.7 Å². The third kappa shape index (κ3) is 12.9. The van der Waals surface area contributed by atoms with Crippen molar-refractivity contribution in [2.75, 3.05) is 0 Å². The topological polar surface area (TPSA) is 205 Å². The largest absolute Gasteiger partial charge is 1.00 e. The van der Waals surface area contributed by atoms with E-state index in [1.807, 2.05) is 41.5 Å². The molecule has 0 aliphatic carbocycles. The number of rotatable bonds is 15. The molecule has 0 amide bonds. The average Bonchev–Trinajstić information content (AvgIpc) is 3.09. The molecule has 2 rings (SSSR count). The molecule has 6 atom stereocenters. The van der Waals surface area contributed by atoms with Crippen molar-refractivity contribution in [3.63, 3.8) is 0 Å². The van der Waals surface area contributed by atoms with Gasteiger partial charge in [0.25, 0.3) is 0 Å². The van der Waals surface area contributed by atoms with Gasteiger partial charge >= 0.3 is 29.6 Å². The standard InChI is InChI=1S/C18H27Br3.C18H27N9.N3.Na/c1-7-13-16(10(4)19)14(8-2)18(12(6)21)15(9-3)17(13)11(5)20;1-7-13-16(10(4)22-25-19)14(8-2)18(12(6)24-27-21)15(9-3)17(13)11(5)23-26-20;1-3-2;/h10-12H,7-9H2,1-6H3;10-12H,7-9H2,1-6H3;;/q;;-1;+1/t2*10-,11-,12+;;/m11../s1. The molecule has 0 spiro atoms. The van der Waals surface area contributed by atoms with Crippen molar-refractivity contribution < 1.29 is 29.6 Å². The van der Waals surface area contributed by atoms with Gasteiger partial charge < -0.3 is 11.1 Å². The minimum atomic E-state index is -0.375. The van der Waals surface area contributed by atoms with Crippen molar-refractivity contribution in [3.8, 4) is 0 Å². The van der Waals surface area contributed by atoms with Crippen LogP contribution < -0.4 is 29.6 Å². The smallest absolute Gasteiger partial charge is 0.373 e. The molecule has 0 unspecified atom stereocenters. The van der Waals surface area contributed by atoms with Crippen LogP contribution in [0.4, 0.5) is 0 Å². The van der Waals surface area contributed by atoms with Crippen LogP contribution in [0.25, 0.3) is 47.3 Å². The maximum Gasteiger partial charge on any atom is 1.00 e. The van der Waals surface area contributed by atoms with Crippen molar-refractivity contribution in [2.45, 2.75) is 154 Å². The van der Waals surface area contributed by atoms with Gasteiger partial charge in [0.05, 0.1) is 18.1 Å². The summed E-state index contributed by atoms with van der Waals surface area (Å²) in [6, 6.07) is -1.13. The molecule has 280 valence electrons. The second kappa shape index (κ2) is 26.8. The van der Waals surface area contributed by atoms with E-state index in [2.05, 4.69) is 119 Å². The molecule has 0 saturated heterocycles. The van der Waals surface area contributed by atoms with Gasteiger partial charge in [-0.1, -0.05) is 125 Å². The van der Waals surface area contributed by atoms with E-state index in [1.54, 1.807) is 0 Å². The Morgan fingerprint density at radius 1 is 0.404 bits per heavy atom. The van der Waals surface area contributed by atoms with Gasteiger partial charge in [-0.25, -0.2) is 0 Å². The van der Waals surface area contributed by atoms with Crippen LogP contribution in [-0.4, -0.2) is 0 Å². The third-order valence-corrected chi connectivity index (χ3v) is 10.5. The van der Waals surface area contributed by atoms with Crippen LogP contribution in [0.15, 0.2) is 15.3 Å². The van der Waals surface area contributed by atoms with Gasteiger partial charge in [0, 0.05) is 29.2 Å². The molecule has 0 bridgehead atoms. The molecule has 0 saturated carbocycles. The molecule has 0 aliphatic rings. The number of hydrogen-bond acceptors (Lipinski definition) is 3. The van der Waals surface area contributed by atoms with Gasteiger partial charge in [0.15, 0.2) is 0 Å². The van der Waals surface area contributed by atoms with Crippen LogP contribution in [-0.2, 0) is 38.5 Å². The first-order valence-corrected chi connectivity index (χ1v) is 20.3. The number of alkyl halides is 3. The van der Waals surface area contributed by atoms with Crippen molar-refractivity contribution >= 4 is 47.8 Å². The fourth-order valence-electron chi connectivity index (χ4n) is 7.61. The van der Waals surface area contributed by atoms with Crippen molar-refractivity contribution in [3.05, 3.63) is 114 Å². The summed E-state index contributed by atoms with van der Waals surface area (Å²) in [6.45, 7) is 25.3. The molecule has 0 aliphatic heterocycles. The fourth-order valence-corrected chi connectivity index (χ4v) is 9.27. The molecule has 2 aromatic rings. The Morgan fingerprint density at radius 2 is 0.558 bits per heavy atom. The van der Waals surface area contributed by atoms with Gasteiger partial charge in [0.2, 0.25) is 0 Å². The summed E-state index contributed by atoms with van der Waals surface area (Å²) in [5.74, 6) is 0. The zero-order valence-corrected chi connectivity index (χ0v) is 40.0. The Balaban J connectivity index is 0. The van der Waals surface area contributed by atoms with Crippen molar-refractivity contribution in [2.24, 2.45) is 15.3 Å². The quantitative estimate of drug-likeness (QED) is 0.0538. The van der Waals surface area contributed by atoms with E-state index in [9.17, 15) is 0 Å². The molecule has 12 nitrogen and oxygen atoms in total. The summed E-state index contributed by atoms with van der Waals surface area (Å²) >= 11 is 11.5. The summed E-state index contributed by atoms with van der Waals surface area (Å²) in [4.78, 5) is 11.6. The van der Waals surface area contributed by atoms with Crippen LogP contribution in [0.5, 0.6) is 0 Å². The summed E-state index contributed by atoms with van der Waals surface area (Å²) < 4.78 is 0. The van der Waals surface area contributed by atoms with Gasteiger partial charge in [-0.3, -0.25) is 4.91 Å². The predicted octanol–water partition coefficient (Wildman–Crippen LogP) is 13.1. The minimum absolute atomic E-state index is 0. The second-order valence-corrected chi connectivity index (χ2v) is 16.2. The average molecular weight is 918 g/mol. The molecule has 2 aromatic carbocycles. The number of nitrogens with zero attached hydrogens (tertiary/aromatic N) is 12. The van der Waals surface area contributed by atoms with Crippen LogP contribution >= 0.6 is 47.8 Å². The van der Waals surface area contributed by atoms with Crippen molar-refractivity contribution in [1.82, 2.24) is 0 Å². The Morgan fingerprint density at radius 3 is 0.673 bits per heavy atom. The molecule has 0 N–H and O–H groups in total. The summed E-state index contributed by atoms with van der Waals surface area (Å²) in [7, 11) is 0. The molecule has 0 heterocycles. The normalized spacial score (nSPS) is 13.6. The van der Waals surface area contributed by atoms with E-state index >= 15 is 0 Å². The summed E-state index contributed by atoms with van der Waals surface area (Å²) in [5, 5.41) is 11.8. The Bertz CT molecular complexity index is 1430. The SMILES string of the molecule is CCc1c([C@H](C)Br)c(CC)c([C@@H](C)Br)c(CC)c1[C@@H](C)Br.CCc1c([C@H](C)N=[N+]=[N-])c(CC)c([C@@H](C)N=[N+]=[N-])c(CC)c1[C@@H](C)N=[N+]=[N-].[N-]=[N+]=[N-].[Na+]. The van der Waals surface area contributed by atoms with E-state index in [-0.39, 0.29) is 47.7 Å².